The first-order chi connectivity index (χ1) is 14.0. The van der Waals surface area contributed by atoms with Crippen LogP contribution in [0.4, 0.5) is 0 Å². The predicted molar refractivity (Wildman–Crippen MR) is 105 cm³/mol. The van der Waals surface area contributed by atoms with Gasteiger partial charge >= 0.3 is 0 Å². The van der Waals surface area contributed by atoms with Crippen molar-refractivity contribution in [2.24, 2.45) is 5.92 Å². The highest BCUT2D eigenvalue weighted by Crippen LogP contribution is 2.38. The Kier molecular flexibility index (Phi) is 5.42. The Morgan fingerprint density at radius 3 is 2.45 bits per heavy atom. The van der Waals surface area contributed by atoms with E-state index >= 15 is 0 Å². The molecule has 29 heavy (non-hydrogen) atoms. The number of rotatable bonds is 5. The van der Waals surface area contributed by atoms with Gasteiger partial charge in [0.2, 0.25) is 5.76 Å². The minimum absolute atomic E-state index is 0.206. The molecular weight excluding hydrogens is 370 g/mol. The fourth-order valence-corrected chi connectivity index (χ4v) is 3.91. The summed E-state index contributed by atoms with van der Waals surface area (Å²) in [5, 5.41) is 10.7. The maximum absolute atomic E-state index is 12.1. The lowest BCUT2D eigenvalue weighted by molar-refractivity contribution is 0.0905. The molecule has 0 aliphatic heterocycles. The molecule has 0 unspecified atom stereocenters. The van der Waals surface area contributed by atoms with Crippen molar-refractivity contribution in [3.05, 3.63) is 47.0 Å². The molecule has 1 N–H and O–H groups in total. The van der Waals surface area contributed by atoms with Gasteiger partial charge in [-0.3, -0.25) is 4.79 Å². The molecule has 0 spiro atoms. The lowest BCUT2D eigenvalue weighted by Crippen LogP contribution is -2.31. The van der Waals surface area contributed by atoms with Crippen LogP contribution in [0.3, 0.4) is 0 Å². The van der Waals surface area contributed by atoms with Crippen LogP contribution in [-0.4, -0.2) is 32.7 Å². The second kappa shape index (κ2) is 8.14. The van der Waals surface area contributed by atoms with Crippen LogP contribution in [-0.2, 0) is 0 Å². The van der Waals surface area contributed by atoms with Gasteiger partial charge in [0, 0.05) is 30.8 Å². The Balaban J connectivity index is 1.38. The first kappa shape index (κ1) is 19.3. The van der Waals surface area contributed by atoms with Gasteiger partial charge in [-0.1, -0.05) is 10.3 Å². The molecule has 1 aliphatic carbocycles. The Morgan fingerprint density at radius 2 is 1.79 bits per heavy atom. The van der Waals surface area contributed by atoms with Gasteiger partial charge in [-0.2, -0.15) is 0 Å². The number of aryl methyl sites for hydroxylation is 3. The van der Waals surface area contributed by atoms with Gasteiger partial charge in [-0.15, -0.1) is 0 Å². The molecule has 0 atom stereocenters. The van der Waals surface area contributed by atoms with Crippen molar-refractivity contribution < 1.29 is 13.8 Å². The average Bonchev–Trinajstić information content (AvgIpc) is 3.35. The molecule has 1 aliphatic rings. The van der Waals surface area contributed by atoms with Crippen LogP contribution >= 0.6 is 0 Å². The molecule has 3 aromatic rings. The molecule has 3 heterocycles. The summed E-state index contributed by atoms with van der Waals surface area (Å²) in [6, 6.07) is 3.57. The lowest BCUT2D eigenvalue weighted by Gasteiger charge is -2.29. The molecule has 4 rings (SSSR count). The second-order valence-corrected chi connectivity index (χ2v) is 7.81. The first-order valence-corrected chi connectivity index (χ1v) is 9.98. The lowest BCUT2D eigenvalue weighted by atomic mass is 9.79. The fraction of sp³-hybridized carbons (Fsp3) is 0.476. The summed E-state index contributed by atoms with van der Waals surface area (Å²) < 4.78 is 10.5. The number of hydrogen-bond acceptors (Lipinski definition) is 7. The van der Waals surface area contributed by atoms with Crippen LogP contribution in [0.1, 0.15) is 65.1 Å². The normalized spacial score (nSPS) is 19.3. The Morgan fingerprint density at radius 1 is 1.07 bits per heavy atom. The van der Waals surface area contributed by atoms with Crippen molar-refractivity contribution in [2.45, 2.75) is 52.4 Å². The van der Waals surface area contributed by atoms with Crippen molar-refractivity contribution in [3.8, 4) is 11.3 Å². The molecule has 0 aromatic carbocycles. The standard InChI is InChI=1S/C21H25N5O3/c1-12-8-18(28-25-12)17-11-22-14(3)24-20(17)16-6-4-15(5-7-16)10-23-21(27)19-9-13(2)26-29-19/h8-9,11,15-16H,4-7,10H2,1-3H3,(H,23,27). The Labute approximate surface area is 169 Å². The zero-order valence-corrected chi connectivity index (χ0v) is 16.9. The highest BCUT2D eigenvalue weighted by atomic mass is 16.5. The number of carbonyl (C=O) groups is 1. The summed E-state index contributed by atoms with van der Waals surface area (Å²) >= 11 is 0. The third-order valence-electron chi connectivity index (χ3n) is 5.47. The van der Waals surface area contributed by atoms with E-state index < -0.39 is 0 Å². The monoisotopic (exact) mass is 395 g/mol. The van der Waals surface area contributed by atoms with Crippen LogP contribution < -0.4 is 5.32 Å². The van der Waals surface area contributed by atoms with Crippen LogP contribution in [0.25, 0.3) is 11.3 Å². The van der Waals surface area contributed by atoms with E-state index in [0.29, 0.717) is 29.8 Å². The van der Waals surface area contributed by atoms with E-state index in [4.69, 9.17) is 14.0 Å². The highest BCUT2D eigenvalue weighted by Gasteiger charge is 2.27. The number of nitrogens with zero attached hydrogens (tertiary/aromatic N) is 4. The fourth-order valence-electron chi connectivity index (χ4n) is 3.91. The molecular formula is C21H25N5O3. The predicted octanol–water partition coefficient (Wildman–Crippen LogP) is 3.75. The molecule has 1 saturated carbocycles. The topological polar surface area (TPSA) is 107 Å². The van der Waals surface area contributed by atoms with E-state index in [1.165, 1.54) is 0 Å². The van der Waals surface area contributed by atoms with Crippen LogP contribution in [0.5, 0.6) is 0 Å². The van der Waals surface area contributed by atoms with E-state index in [2.05, 4.69) is 20.6 Å². The molecule has 0 bridgehead atoms. The molecule has 1 amide bonds. The van der Waals surface area contributed by atoms with Gasteiger partial charge in [-0.25, -0.2) is 9.97 Å². The number of hydrogen-bond donors (Lipinski definition) is 1. The largest absolute Gasteiger partial charge is 0.356 e. The van der Waals surface area contributed by atoms with Gasteiger partial charge in [0.05, 0.1) is 22.6 Å². The number of amides is 1. The third kappa shape index (κ3) is 4.36. The summed E-state index contributed by atoms with van der Waals surface area (Å²) in [5.74, 6) is 2.33. The molecule has 8 heteroatoms. The first-order valence-electron chi connectivity index (χ1n) is 9.98. The van der Waals surface area contributed by atoms with E-state index in [0.717, 1.165) is 48.5 Å². The molecule has 3 aromatic heterocycles. The van der Waals surface area contributed by atoms with E-state index in [1.807, 2.05) is 26.1 Å². The van der Waals surface area contributed by atoms with Crippen molar-refractivity contribution in [1.82, 2.24) is 25.6 Å². The maximum Gasteiger partial charge on any atom is 0.289 e. The minimum atomic E-state index is -0.206. The number of carbonyl (C=O) groups excluding carboxylic acids is 1. The molecule has 8 nitrogen and oxygen atoms in total. The smallest absolute Gasteiger partial charge is 0.289 e. The van der Waals surface area contributed by atoms with Crippen molar-refractivity contribution in [1.29, 1.82) is 0 Å². The third-order valence-corrected chi connectivity index (χ3v) is 5.47. The van der Waals surface area contributed by atoms with Crippen LogP contribution in [0, 0.1) is 26.7 Å². The molecule has 0 radical (unpaired) electrons. The summed E-state index contributed by atoms with van der Waals surface area (Å²) in [6.45, 7) is 6.25. The van der Waals surface area contributed by atoms with Gasteiger partial charge in [0.1, 0.15) is 5.82 Å². The molecule has 0 saturated heterocycles. The number of nitrogens with one attached hydrogen (secondary N) is 1. The molecule has 152 valence electrons. The van der Waals surface area contributed by atoms with Gasteiger partial charge in [0.15, 0.2) is 5.76 Å². The van der Waals surface area contributed by atoms with Gasteiger partial charge in [0.25, 0.3) is 5.91 Å². The Bertz CT molecular complexity index is 1000. The van der Waals surface area contributed by atoms with Gasteiger partial charge < -0.3 is 14.4 Å². The summed E-state index contributed by atoms with van der Waals surface area (Å²) in [6.07, 6.45) is 5.91. The van der Waals surface area contributed by atoms with Gasteiger partial charge in [-0.05, 0) is 52.4 Å². The zero-order chi connectivity index (χ0) is 20.4. The van der Waals surface area contributed by atoms with Crippen molar-refractivity contribution in [3.63, 3.8) is 0 Å². The van der Waals surface area contributed by atoms with E-state index in [9.17, 15) is 4.79 Å². The summed E-state index contributed by atoms with van der Waals surface area (Å²) in [5.41, 5.74) is 3.50. The van der Waals surface area contributed by atoms with Crippen molar-refractivity contribution >= 4 is 5.91 Å². The van der Waals surface area contributed by atoms with Crippen molar-refractivity contribution in [2.75, 3.05) is 6.54 Å². The SMILES string of the molecule is Cc1cc(C(=O)NCC2CCC(c3nc(C)ncc3-c3cc(C)no3)CC2)on1. The van der Waals surface area contributed by atoms with E-state index in [1.54, 1.807) is 13.0 Å². The van der Waals surface area contributed by atoms with E-state index in [-0.39, 0.29) is 11.7 Å². The van der Waals surface area contributed by atoms with Crippen LogP contribution in [0.2, 0.25) is 0 Å². The summed E-state index contributed by atoms with van der Waals surface area (Å²) in [7, 11) is 0. The molecule has 1 fully saturated rings. The second-order valence-electron chi connectivity index (χ2n) is 7.81. The highest BCUT2D eigenvalue weighted by molar-refractivity contribution is 5.91. The Hall–Kier alpha value is -3.03. The average molecular weight is 395 g/mol. The maximum atomic E-state index is 12.1. The minimum Gasteiger partial charge on any atom is -0.356 e. The number of aromatic nitrogens is 4. The quantitative estimate of drug-likeness (QED) is 0.701. The van der Waals surface area contributed by atoms with Crippen LogP contribution in [0.15, 0.2) is 27.4 Å². The summed E-state index contributed by atoms with van der Waals surface area (Å²) in [4.78, 5) is 21.2. The zero-order valence-electron chi connectivity index (χ0n) is 16.9.